The summed E-state index contributed by atoms with van der Waals surface area (Å²) in [5, 5.41) is 0. The molecule has 0 spiro atoms. The van der Waals surface area contributed by atoms with Gasteiger partial charge in [-0.05, 0) is 26.2 Å². The number of piperidine rings is 1. The van der Waals surface area contributed by atoms with Gasteiger partial charge in [-0.2, -0.15) is 17.0 Å². The average Bonchev–Trinajstić information content (AvgIpc) is 2.86. The maximum absolute atomic E-state index is 12.4. The molecule has 2 aliphatic rings. The summed E-state index contributed by atoms with van der Waals surface area (Å²) in [5.74, 6) is -0.394. The number of hydrogen-bond donors (Lipinski definition) is 1. The first-order valence-electron chi connectivity index (χ1n) is 7.12. The lowest BCUT2D eigenvalue weighted by atomic mass is 9.98. The van der Waals surface area contributed by atoms with Crippen LogP contribution in [0.5, 0.6) is 0 Å². The van der Waals surface area contributed by atoms with Crippen molar-refractivity contribution in [3.8, 4) is 0 Å². The van der Waals surface area contributed by atoms with E-state index in [0.717, 1.165) is 0 Å². The van der Waals surface area contributed by atoms with Gasteiger partial charge in [-0.3, -0.25) is 4.79 Å². The summed E-state index contributed by atoms with van der Waals surface area (Å²) >= 11 is 0. The molecular weight excluding hydrogens is 282 g/mol. The second kappa shape index (κ2) is 6.38. The standard InChI is InChI=1S/C12H23N3O4S/c1-2-19-12(16)10-3-6-14(7-4-10)20(17,18)15-8-5-11(13)9-15/h10-11H,2-9,13H2,1H3/t11-/m1/s1. The Labute approximate surface area is 120 Å². The predicted octanol–water partition coefficient (Wildman–Crippen LogP) is -0.461. The van der Waals surface area contributed by atoms with Crippen LogP contribution in [0.4, 0.5) is 0 Å². The van der Waals surface area contributed by atoms with E-state index in [4.69, 9.17) is 10.5 Å². The van der Waals surface area contributed by atoms with E-state index in [2.05, 4.69) is 0 Å². The summed E-state index contributed by atoms with van der Waals surface area (Å²) in [6.45, 7) is 3.76. The first kappa shape index (κ1) is 15.7. The highest BCUT2D eigenvalue weighted by Crippen LogP contribution is 2.24. The molecular formula is C12H23N3O4S. The number of carbonyl (C=O) groups excluding carboxylic acids is 1. The quantitative estimate of drug-likeness (QED) is 0.709. The van der Waals surface area contributed by atoms with Gasteiger partial charge in [0.1, 0.15) is 0 Å². The lowest BCUT2D eigenvalue weighted by Gasteiger charge is -2.32. The molecule has 8 heteroatoms. The Morgan fingerprint density at radius 2 is 1.80 bits per heavy atom. The summed E-state index contributed by atoms with van der Waals surface area (Å²) < 4.78 is 32.7. The van der Waals surface area contributed by atoms with Gasteiger partial charge in [-0.15, -0.1) is 0 Å². The summed E-state index contributed by atoms with van der Waals surface area (Å²) in [6.07, 6.45) is 1.76. The molecule has 0 aliphatic carbocycles. The minimum atomic E-state index is -3.42. The normalized spacial score (nSPS) is 26.8. The van der Waals surface area contributed by atoms with E-state index in [-0.39, 0.29) is 17.9 Å². The molecule has 0 aromatic heterocycles. The fraction of sp³-hybridized carbons (Fsp3) is 0.917. The van der Waals surface area contributed by atoms with Gasteiger partial charge in [0.25, 0.3) is 10.2 Å². The van der Waals surface area contributed by atoms with Crippen LogP contribution in [0.3, 0.4) is 0 Å². The van der Waals surface area contributed by atoms with Crippen LogP contribution >= 0.6 is 0 Å². The maximum atomic E-state index is 12.4. The van der Waals surface area contributed by atoms with Crippen molar-refractivity contribution >= 4 is 16.2 Å². The predicted molar refractivity (Wildman–Crippen MR) is 74.0 cm³/mol. The molecule has 2 N–H and O–H groups in total. The van der Waals surface area contributed by atoms with E-state index >= 15 is 0 Å². The molecule has 0 radical (unpaired) electrons. The Morgan fingerprint density at radius 1 is 1.20 bits per heavy atom. The third-order valence-electron chi connectivity index (χ3n) is 3.91. The van der Waals surface area contributed by atoms with E-state index in [1.165, 1.54) is 8.61 Å². The van der Waals surface area contributed by atoms with E-state index < -0.39 is 10.2 Å². The minimum Gasteiger partial charge on any atom is -0.466 e. The topological polar surface area (TPSA) is 92.9 Å². The molecule has 0 amide bonds. The van der Waals surface area contributed by atoms with Crippen molar-refractivity contribution in [2.45, 2.75) is 32.2 Å². The third kappa shape index (κ3) is 3.30. The average molecular weight is 305 g/mol. The Bertz CT molecular complexity index is 446. The van der Waals surface area contributed by atoms with Crippen LogP contribution in [0, 0.1) is 5.92 Å². The van der Waals surface area contributed by atoms with E-state index in [0.29, 0.717) is 52.0 Å². The van der Waals surface area contributed by atoms with E-state index in [1.54, 1.807) is 6.92 Å². The lowest BCUT2D eigenvalue weighted by Crippen LogP contribution is -2.47. The van der Waals surface area contributed by atoms with Crippen LogP contribution in [-0.4, -0.2) is 61.8 Å². The molecule has 0 aromatic carbocycles. The maximum Gasteiger partial charge on any atom is 0.309 e. The number of carbonyl (C=O) groups is 1. The number of esters is 1. The second-order valence-electron chi connectivity index (χ2n) is 5.34. The molecule has 20 heavy (non-hydrogen) atoms. The van der Waals surface area contributed by atoms with Gasteiger partial charge in [0, 0.05) is 32.2 Å². The van der Waals surface area contributed by atoms with E-state index in [9.17, 15) is 13.2 Å². The van der Waals surface area contributed by atoms with Crippen molar-refractivity contribution in [1.29, 1.82) is 0 Å². The van der Waals surface area contributed by atoms with Gasteiger partial charge in [0.2, 0.25) is 0 Å². The van der Waals surface area contributed by atoms with Crippen molar-refractivity contribution in [3.05, 3.63) is 0 Å². The molecule has 0 bridgehead atoms. The van der Waals surface area contributed by atoms with Gasteiger partial charge in [-0.25, -0.2) is 0 Å². The monoisotopic (exact) mass is 305 g/mol. The molecule has 7 nitrogen and oxygen atoms in total. The lowest BCUT2D eigenvalue weighted by molar-refractivity contribution is -0.149. The Hall–Kier alpha value is -0.700. The molecule has 116 valence electrons. The molecule has 2 heterocycles. The zero-order chi connectivity index (χ0) is 14.8. The van der Waals surface area contributed by atoms with E-state index in [1.807, 2.05) is 0 Å². The highest BCUT2D eigenvalue weighted by atomic mass is 32.2. The fourth-order valence-electron chi connectivity index (χ4n) is 2.71. The number of hydrogen-bond acceptors (Lipinski definition) is 5. The van der Waals surface area contributed by atoms with Crippen molar-refractivity contribution in [2.24, 2.45) is 11.7 Å². The van der Waals surface area contributed by atoms with Crippen LogP contribution in [0.1, 0.15) is 26.2 Å². The number of ether oxygens (including phenoxy) is 1. The number of nitrogens with zero attached hydrogens (tertiary/aromatic N) is 2. The van der Waals surface area contributed by atoms with Crippen LogP contribution in [0.25, 0.3) is 0 Å². The summed E-state index contributed by atoms with van der Waals surface area (Å²) in [4.78, 5) is 11.6. The van der Waals surface area contributed by atoms with Crippen molar-refractivity contribution in [2.75, 3.05) is 32.8 Å². The van der Waals surface area contributed by atoms with Gasteiger partial charge >= 0.3 is 5.97 Å². The van der Waals surface area contributed by atoms with Crippen LogP contribution < -0.4 is 5.73 Å². The van der Waals surface area contributed by atoms with Gasteiger partial charge in [0.15, 0.2) is 0 Å². The Morgan fingerprint density at radius 3 is 2.30 bits per heavy atom. The number of rotatable bonds is 4. The summed E-state index contributed by atoms with van der Waals surface area (Å²) in [6, 6.07) is -0.0677. The Kier molecular flexibility index (Phi) is 5.00. The van der Waals surface area contributed by atoms with Crippen molar-refractivity contribution in [1.82, 2.24) is 8.61 Å². The summed E-state index contributed by atoms with van der Waals surface area (Å²) in [5.41, 5.74) is 5.76. The smallest absolute Gasteiger partial charge is 0.309 e. The molecule has 2 rings (SSSR count). The molecule has 0 aromatic rings. The molecule has 2 aliphatic heterocycles. The van der Waals surface area contributed by atoms with Gasteiger partial charge in [-0.1, -0.05) is 0 Å². The molecule has 2 saturated heterocycles. The number of nitrogens with two attached hydrogens (primary N) is 1. The molecule has 0 unspecified atom stereocenters. The zero-order valence-corrected chi connectivity index (χ0v) is 12.6. The third-order valence-corrected chi connectivity index (χ3v) is 5.92. The van der Waals surface area contributed by atoms with Crippen molar-refractivity contribution in [3.63, 3.8) is 0 Å². The largest absolute Gasteiger partial charge is 0.466 e. The van der Waals surface area contributed by atoms with Crippen molar-refractivity contribution < 1.29 is 17.9 Å². The SMILES string of the molecule is CCOC(=O)C1CCN(S(=O)(=O)N2CC[C@@H](N)C2)CC1. The highest BCUT2D eigenvalue weighted by molar-refractivity contribution is 7.86. The molecule has 2 fully saturated rings. The van der Waals surface area contributed by atoms with Crippen LogP contribution in [0.15, 0.2) is 0 Å². The first-order chi connectivity index (χ1) is 9.45. The Balaban J connectivity index is 1.91. The molecule has 0 saturated carbocycles. The fourth-order valence-corrected chi connectivity index (χ4v) is 4.42. The zero-order valence-electron chi connectivity index (χ0n) is 11.8. The van der Waals surface area contributed by atoms with Crippen LogP contribution in [-0.2, 0) is 19.7 Å². The van der Waals surface area contributed by atoms with Crippen LogP contribution in [0.2, 0.25) is 0 Å². The van der Waals surface area contributed by atoms with Gasteiger partial charge in [0.05, 0.1) is 12.5 Å². The highest BCUT2D eigenvalue weighted by Gasteiger charge is 2.37. The first-order valence-corrected chi connectivity index (χ1v) is 8.52. The minimum absolute atomic E-state index is 0.0677. The summed E-state index contributed by atoms with van der Waals surface area (Å²) in [7, 11) is -3.42. The molecule has 1 atom stereocenters. The second-order valence-corrected chi connectivity index (χ2v) is 7.27. The van der Waals surface area contributed by atoms with Gasteiger partial charge < -0.3 is 10.5 Å².